The molecule has 0 saturated carbocycles. The molecule has 1 unspecified atom stereocenters. The van der Waals surface area contributed by atoms with Crippen molar-refractivity contribution >= 4 is 16.2 Å². The summed E-state index contributed by atoms with van der Waals surface area (Å²) in [6, 6.07) is 0. The van der Waals surface area contributed by atoms with Gasteiger partial charge in [0.15, 0.2) is 0 Å². The molecule has 0 aliphatic carbocycles. The zero-order valence-electron chi connectivity index (χ0n) is 9.56. The molecule has 0 aromatic rings. The van der Waals surface area contributed by atoms with Crippen LogP contribution in [-0.4, -0.2) is 43.4 Å². The molecule has 0 aromatic carbocycles. The summed E-state index contributed by atoms with van der Waals surface area (Å²) in [5.74, 6) is -0.941. The van der Waals surface area contributed by atoms with Crippen LogP contribution in [0, 0.1) is 5.41 Å². The summed E-state index contributed by atoms with van der Waals surface area (Å²) in [5.41, 5.74) is -0.971. The highest BCUT2D eigenvalue weighted by Gasteiger charge is 2.41. The summed E-state index contributed by atoms with van der Waals surface area (Å²) in [7, 11) is -3.52. The van der Waals surface area contributed by atoms with Crippen molar-refractivity contribution in [1.82, 2.24) is 9.03 Å². The third kappa shape index (κ3) is 2.72. The first-order chi connectivity index (χ1) is 7.32. The first-order valence-corrected chi connectivity index (χ1v) is 6.74. The quantitative estimate of drug-likeness (QED) is 0.737. The lowest BCUT2D eigenvalue weighted by Crippen LogP contribution is -2.51. The summed E-state index contributed by atoms with van der Waals surface area (Å²) < 4.78 is 27.0. The van der Waals surface area contributed by atoms with Gasteiger partial charge in [0.25, 0.3) is 10.2 Å². The first kappa shape index (κ1) is 13.4. The second kappa shape index (κ2) is 4.68. The topological polar surface area (TPSA) is 86.7 Å². The normalized spacial score (nSPS) is 27.9. The summed E-state index contributed by atoms with van der Waals surface area (Å²) in [5, 5.41) is 9.07. The van der Waals surface area contributed by atoms with Crippen LogP contribution in [0.2, 0.25) is 0 Å². The lowest BCUT2D eigenvalue weighted by molar-refractivity contribution is -0.150. The maximum atomic E-state index is 11.7. The van der Waals surface area contributed by atoms with Crippen molar-refractivity contribution < 1.29 is 18.3 Å². The Morgan fingerprint density at radius 2 is 2.19 bits per heavy atom. The number of carboxylic acids is 1. The van der Waals surface area contributed by atoms with E-state index in [4.69, 9.17) is 5.11 Å². The van der Waals surface area contributed by atoms with E-state index in [1.165, 1.54) is 4.31 Å². The van der Waals surface area contributed by atoms with E-state index >= 15 is 0 Å². The minimum Gasteiger partial charge on any atom is -0.481 e. The summed E-state index contributed by atoms with van der Waals surface area (Å²) in [6.45, 7) is 4.01. The predicted octanol–water partition coefficient (Wildman–Crippen LogP) is 0.0274. The molecule has 1 fully saturated rings. The van der Waals surface area contributed by atoms with Crippen molar-refractivity contribution in [1.29, 1.82) is 0 Å². The molecule has 1 rings (SSSR count). The molecule has 1 aliphatic rings. The molecule has 0 aromatic heterocycles. The van der Waals surface area contributed by atoms with Crippen LogP contribution in [0.4, 0.5) is 0 Å². The van der Waals surface area contributed by atoms with Gasteiger partial charge in [0, 0.05) is 19.6 Å². The smallest absolute Gasteiger partial charge is 0.310 e. The Balaban J connectivity index is 2.82. The van der Waals surface area contributed by atoms with Crippen LogP contribution >= 0.6 is 0 Å². The molecule has 1 atom stereocenters. The van der Waals surface area contributed by atoms with Gasteiger partial charge in [-0.25, -0.2) is 4.72 Å². The highest BCUT2D eigenvalue weighted by Crippen LogP contribution is 2.30. The SMILES string of the molecule is CCNS(=O)(=O)N1CCCC(C)(C(=O)O)C1. The number of rotatable bonds is 4. The largest absolute Gasteiger partial charge is 0.481 e. The van der Waals surface area contributed by atoms with Gasteiger partial charge in [-0.2, -0.15) is 12.7 Å². The molecule has 0 spiro atoms. The van der Waals surface area contributed by atoms with Crippen LogP contribution in [0.1, 0.15) is 26.7 Å². The Morgan fingerprint density at radius 3 is 2.69 bits per heavy atom. The lowest BCUT2D eigenvalue weighted by atomic mass is 9.83. The number of carboxylic acid groups (broad SMARTS) is 1. The first-order valence-electron chi connectivity index (χ1n) is 5.30. The van der Waals surface area contributed by atoms with Crippen LogP contribution in [-0.2, 0) is 15.0 Å². The highest BCUT2D eigenvalue weighted by atomic mass is 32.2. The van der Waals surface area contributed by atoms with Crippen LogP contribution < -0.4 is 4.72 Å². The van der Waals surface area contributed by atoms with E-state index in [0.29, 0.717) is 25.9 Å². The molecule has 0 radical (unpaired) electrons. The van der Waals surface area contributed by atoms with Crippen molar-refractivity contribution in [2.24, 2.45) is 5.41 Å². The highest BCUT2D eigenvalue weighted by molar-refractivity contribution is 7.87. The lowest BCUT2D eigenvalue weighted by Gasteiger charge is -2.36. The second-order valence-corrected chi connectivity index (χ2v) is 6.06. The number of carbonyl (C=O) groups is 1. The molecule has 1 heterocycles. The third-order valence-electron chi connectivity index (χ3n) is 2.84. The van der Waals surface area contributed by atoms with E-state index in [1.54, 1.807) is 13.8 Å². The zero-order valence-corrected chi connectivity index (χ0v) is 10.4. The molecule has 6 nitrogen and oxygen atoms in total. The third-order valence-corrected chi connectivity index (χ3v) is 4.49. The van der Waals surface area contributed by atoms with Gasteiger partial charge in [0.05, 0.1) is 5.41 Å². The summed E-state index contributed by atoms with van der Waals surface area (Å²) in [6.07, 6.45) is 1.09. The van der Waals surface area contributed by atoms with Crippen molar-refractivity contribution in [3.05, 3.63) is 0 Å². The molecular formula is C9H18N2O4S. The van der Waals surface area contributed by atoms with Crippen LogP contribution in [0.3, 0.4) is 0 Å². The van der Waals surface area contributed by atoms with E-state index in [0.717, 1.165) is 0 Å². The van der Waals surface area contributed by atoms with Gasteiger partial charge >= 0.3 is 5.97 Å². The van der Waals surface area contributed by atoms with Crippen molar-refractivity contribution in [2.45, 2.75) is 26.7 Å². The van der Waals surface area contributed by atoms with Gasteiger partial charge in [-0.15, -0.1) is 0 Å². The molecule has 1 aliphatic heterocycles. The van der Waals surface area contributed by atoms with E-state index in [1.807, 2.05) is 0 Å². The van der Waals surface area contributed by atoms with Gasteiger partial charge in [0.1, 0.15) is 0 Å². The van der Waals surface area contributed by atoms with E-state index < -0.39 is 21.6 Å². The van der Waals surface area contributed by atoms with E-state index in [2.05, 4.69) is 4.72 Å². The fourth-order valence-corrected chi connectivity index (χ4v) is 3.22. The Labute approximate surface area is 95.8 Å². The molecule has 1 saturated heterocycles. The van der Waals surface area contributed by atoms with Crippen molar-refractivity contribution in [3.8, 4) is 0 Å². The summed E-state index contributed by atoms with van der Waals surface area (Å²) in [4.78, 5) is 11.1. The zero-order chi connectivity index (χ0) is 12.4. The second-order valence-electron chi connectivity index (χ2n) is 4.31. The Morgan fingerprint density at radius 1 is 1.56 bits per heavy atom. The molecule has 0 bridgehead atoms. The number of aliphatic carboxylic acids is 1. The number of piperidine rings is 1. The fourth-order valence-electron chi connectivity index (χ4n) is 1.85. The van der Waals surface area contributed by atoms with Crippen molar-refractivity contribution in [2.75, 3.05) is 19.6 Å². The minimum atomic E-state index is -3.52. The molecule has 16 heavy (non-hydrogen) atoms. The average Bonchev–Trinajstić information content (AvgIpc) is 2.17. The maximum absolute atomic E-state index is 11.7. The molecular weight excluding hydrogens is 232 g/mol. The monoisotopic (exact) mass is 250 g/mol. The van der Waals surface area contributed by atoms with E-state index in [-0.39, 0.29) is 6.54 Å². The Hall–Kier alpha value is -0.660. The number of hydrogen-bond acceptors (Lipinski definition) is 3. The van der Waals surface area contributed by atoms with Crippen LogP contribution in [0.15, 0.2) is 0 Å². The van der Waals surface area contributed by atoms with Gasteiger partial charge in [0.2, 0.25) is 0 Å². The fraction of sp³-hybridized carbons (Fsp3) is 0.889. The number of nitrogens with zero attached hydrogens (tertiary/aromatic N) is 1. The van der Waals surface area contributed by atoms with Gasteiger partial charge in [-0.05, 0) is 19.8 Å². The van der Waals surface area contributed by atoms with E-state index in [9.17, 15) is 13.2 Å². The predicted molar refractivity (Wildman–Crippen MR) is 59.1 cm³/mol. The standard InChI is InChI=1S/C9H18N2O4S/c1-3-10-16(14,15)11-6-4-5-9(2,7-11)8(12)13/h10H,3-7H2,1-2H3,(H,12,13). The number of nitrogens with one attached hydrogen (secondary N) is 1. The van der Waals surface area contributed by atoms with Crippen LogP contribution in [0.5, 0.6) is 0 Å². The minimum absolute atomic E-state index is 0.0394. The van der Waals surface area contributed by atoms with Crippen LogP contribution in [0.25, 0.3) is 0 Å². The summed E-state index contributed by atoms with van der Waals surface area (Å²) >= 11 is 0. The van der Waals surface area contributed by atoms with Gasteiger partial charge in [-0.3, -0.25) is 4.79 Å². The molecule has 7 heteroatoms. The number of hydrogen-bond donors (Lipinski definition) is 2. The molecule has 0 amide bonds. The molecule has 94 valence electrons. The van der Waals surface area contributed by atoms with Gasteiger partial charge in [-0.1, -0.05) is 6.92 Å². The van der Waals surface area contributed by atoms with Gasteiger partial charge < -0.3 is 5.11 Å². The Kier molecular flexibility index (Phi) is 3.92. The maximum Gasteiger partial charge on any atom is 0.310 e. The molecule has 2 N–H and O–H groups in total. The van der Waals surface area contributed by atoms with Crippen molar-refractivity contribution in [3.63, 3.8) is 0 Å². The average molecular weight is 250 g/mol. The Bertz CT molecular complexity index is 368.